The first-order valence-corrected chi connectivity index (χ1v) is 9.44. The Bertz CT molecular complexity index is 862. The molecular formula is C19H22N2O3S. The number of rotatable bonds is 4. The molecule has 0 spiro atoms. The molecule has 25 heavy (non-hydrogen) atoms. The van der Waals surface area contributed by atoms with Crippen molar-refractivity contribution in [3.05, 3.63) is 50.8 Å². The van der Waals surface area contributed by atoms with Crippen LogP contribution in [0.1, 0.15) is 58.7 Å². The maximum absolute atomic E-state index is 12.6. The largest absolute Gasteiger partial charge is 0.480 e. The van der Waals surface area contributed by atoms with Gasteiger partial charge in [0, 0.05) is 16.1 Å². The van der Waals surface area contributed by atoms with Crippen LogP contribution < -0.4 is 4.80 Å². The molecule has 2 aromatic rings. The first kappa shape index (κ1) is 17.6. The second kappa shape index (κ2) is 7.35. The van der Waals surface area contributed by atoms with Gasteiger partial charge in [-0.3, -0.25) is 4.79 Å². The first-order valence-electron chi connectivity index (χ1n) is 8.63. The minimum absolute atomic E-state index is 0.326. The molecule has 132 valence electrons. The molecule has 1 aliphatic rings. The van der Waals surface area contributed by atoms with Crippen molar-refractivity contribution in [2.45, 2.75) is 52.0 Å². The topological polar surface area (TPSA) is 71.7 Å². The van der Waals surface area contributed by atoms with E-state index in [4.69, 9.17) is 0 Å². The van der Waals surface area contributed by atoms with Crippen LogP contribution in [0.3, 0.4) is 0 Å². The lowest BCUT2D eigenvalue weighted by Crippen LogP contribution is -2.29. The molecule has 0 radical (unpaired) electrons. The van der Waals surface area contributed by atoms with E-state index in [2.05, 4.69) is 4.99 Å². The van der Waals surface area contributed by atoms with E-state index in [9.17, 15) is 14.7 Å². The lowest BCUT2D eigenvalue weighted by molar-refractivity contribution is -0.141. The second-order valence-corrected chi connectivity index (χ2v) is 7.44. The van der Waals surface area contributed by atoms with E-state index in [1.54, 1.807) is 16.7 Å². The smallest absolute Gasteiger partial charge is 0.326 e. The zero-order chi connectivity index (χ0) is 18.0. The third kappa shape index (κ3) is 3.58. The summed E-state index contributed by atoms with van der Waals surface area (Å²) in [6, 6.07) is 6.59. The number of hydrogen-bond acceptors (Lipinski definition) is 3. The molecule has 0 aliphatic heterocycles. The fourth-order valence-corrected chi connectivity index (χ4v) is 4.46. The summed E-state index contributed by atoms with van der Waals surface area (Å²) in [7, 11) is 0. The van der Waals surface area contributed by atoms with Crippen LogP contribution in [0.15, 0.2) is 29.3 Å². The molecule has 3 rings (SSSR count). The average Bonchev–Trinajstić information content (AvgIpc) is 2.94. The number of nitrogens with zero attached hydrogens (tertiary/aromatic N) is 2. The maximum Gasteiger partial charge on any atom is 0.326 e. The summed E-state index contributed by atoms with van der Waals surface area (Å²) in [6.07, 6.45) is 4.40. The third-order valence-electron chi connectivity index (χ3n) is 4.58. The highest BCUT2D eigenvalue weighted by atomic mass is 32.1. The number of hydrogen-bond donors (Lipinski definition) is 1. The van der Waals surface area contributed by atoms with Crippen molar-refractivity contribution in [1.29, 1.82) is 0 Å². The van der Waals surface area contributed by atoms with Gasteiger partial charge < -0.3 is 9.67 Å². The van der Waals surface area contributed by atoms with E-state index in [0.29, 0.717) is 16.8 Å². The molecule has 0 saturated carbocycles. The minimum Gasteiger partial charge on any atom is -0.480 e. The molecule has 1 N–H and O–H groups in total. The van der Waals surface area contributed by atoms with E-state index < -0.39 is 12.0 Å². The molecule has 1 unspecified atom stereocenters. The Balaban J connectivity index is 2.11. The highest BCUT2D eigenvalue weighted by Crippen LogP contribution is 2.27. The summed E-state index contributed by atoms with van der Waals surface area (Å²) >= 11 is 1.46. The van der Waals surface area contributed by atoms with Crippen molar-refractivity contribution in [2.75, 3.05) is 0 Å². The monoisotopic (exact) mass is 358 g/mol. The van der Waals surface area contributed by atoms with Gasteiger partial charge in [-0.2, -0.15) is 4.99 Å². The number of aryl methyl sites for hydroxylation is 2. The van der Waals surface area contributed by atoms with Gasteiger partial charge >= 0.3 is 5.97 Å². The van der Waals surface area contributed by atoms with Crippen molar-refractivity contribution < 1.29 is 14.7 Å². The Labute approximate surface area is 150 Å². The number of aliphatic carboxylic acids is 1. The molecule has 1 amide bonds. The zero-order valence-electron chi connectivity index (χ0n) is 14.5. The molecule has 0 fully saturated rings. The van der Waals surface area contributed by atoms with Gasteiger partial charge in [0.05, 0.1) is 0 Å². The summed E-state index contributed by atoms with van der Waals surface area (Å²) in [4.78, 5) is 30.2. The van der Waals surface area contributed by atoms with Gasteiger partial charge in [-0.25, -0.2) is 4.79 Å². The Morgan fingerprint density at radius 2 is 1.92 bits per heavy atom. The summed E-state index contributed by atoms with van der Waals surface area (Å²) in [6.45, 7) is 3.82. The second-order valence-electron chi connectivity index (χ2n) is 6.38. The van der Waals surface area contributed by atoms with Crippen LogP contribution in [-0.2, 0) is 17.6 Å². The van der Waals surface area contributed by atoms with Gasteiger partial charge in [-0.15, -0.1) is 11.3 Å². The molecular weight excluding hydrogens is 336 g/mol. The lowest BCUT2D eigenvalue weighted by Gasteiger charge is -2.19. The normalized spacial score (nSPS) is 15.7. The fraction of sp³-hybridized carbons (Fsp3) is 0.421. The predicted molar refractivity (Wildman–Crippen MR) is 97.0 cm³/mol. The summed E-state index contributed by atoms with van der Waals surface area (Å²) in [5.41, 5.74) is 2.64. The van der Waals surface area contributed by atoms with Gasteiger partial charge in [0.25, 0.3) is 5.91 Å². The molecule has 1 atom stereocenters. The van der Waals surface area contributed by atoms with Crippen molar-refractivity contribution in [2.24, 2.45) is 4.99 Å². The predicted octanol–water partition coefficient (Wildman–Crippen LogP) is 3.51. The number of aromatic nitrogens is 1. The Morgan fingerprint density at radius 3 is 2.56 bits per heavy atom. The Hall–Kier alpha value is -2.21. The van der Waals surface area contributed by atoms with Crippen molar-refractivity contribution in [1.82, 2.24) is 4.57 Å². The van der Waals surface area contributed by atoms with Gasteiger partial charge in [0.1, 0.15) is 6.04 Å². The summed E-state index contributed by atoms with van der Waals surface area (Å²) in [5, 5.41) is 9.61. The molecule has 5 nitrogen and oxygen atoms in total. The van der Waals surface area contributed by atoms with Crippen LogP contribution in [-0.4, -0.2) is 21.6 Å². The van der Waals surface area contributed by atoms with Gasteiger partial charge in [-0.1, -0.05) is 24.6 Å². The van der Waals surface area contributed by atoms with Crippen molar-refractivity contribution in [3.63, 3.8) is 0 Å². The standard InChI is InChI=1S/C19H22N2O3S/c1-3-14(18(23)24)21-15-6-4-5-7-16(15)25-19(21)20-17(22)13-10-8-12(2)9-11-13/h8-11,14H,3-7H2,1-2H3,(H,23,24)/b20-19-. The first-order chi connectivity index (χ1) is 12.0. The van der Waals surface area contributed by atoms with Gasteiger partial charge in [-0.05, 0) is 51.2 Å². The summed E-state index contributed by atoms with van der Waals surface area (Å²) in [5.74, 6) is -1.20. The molecule has 1 aliphatic carbocycles. The van der Waals surface area contributed by atoms with Crippen molar-refractivity contribution in [3.8, 4) is 0 Å². The SMILES string of the molecule is CCC(C(=O)O)n1c2c(s/c1=N\C(=O)c1ccc(C)cc1)CCCC2. The van der Waals surface area contributed by atoms with E-state index in [1.165, 1.54) is 16.2 Å². The quantitative estimate of drug-likeness (QED) is 0.909. The third-order valence-corrected chi connectivity index (χ3v) is 5.74. The maximum atomic E-state index is 12.6. The van der Waals surface area contributed by atoms with Gasteiger partial charge in [0.15, 0.2) is 4.80 Å². The van der Waals surface area contributed by atoms with Crippen LogP contribution in [0.4, 0.5) is 0 Å². The Kier molecular flexibility index (Phi) is 5.18. The van der Waals surface area contributed by atoms with E-state index in [-0.39, 0.29) is 5.91 Å². The average molecular weight is 358 g/mol. The fourth-order valence-electron chi connectivity index (χ4n) is 3.21. The molecule has 1 aromatic heterocycles. The van der Waals surface area contributed by atoms with E-state index in [0.717, 1.165) is 36.9 Å². The van der Waals surface area contributed by atoms with Crippen LogP contribution in [0.25, 0.3) is 0 Å². The van der Waals surface area contributed by atoms with Crippen LogP contribution >= 0.6 is 11.3 Å². The number of carbonyl (C=O) groups is 2. The van der Waals surface area contributed by atoms with Crippen molar-refractivity contribution >= 4 is 23.2 Å². The lowest BCUT2D eigenvalue weighted by atomic mass is 10.0. The number of carboxylic acid groups (broad SMARTS) is 1. The molecule has 6 heteroatoms. The number of thiazole rings is 1. The van der Waals surface area contributed by atoms with E-state index >= 15 is 0 Å². The van der Waals surface area contributed by atoms with Crippen LogP contribution in [0.2, 0.25) is 0 Å². The highest BCUT2D eigenvalue weighted by molar-refractivity contribution is 7.09. The summed E-state index contributed by atoms with van der Waals surface area (Å²) < 4.78 is 1.79. The van der Waals surface area contributed by atoms with E-state index in [1.807, 2.05) is 26.0 Å². The van der Waals surface area contributed by atoms with Crippen LogP contribution in [0.5, 0.6) is 0 Å². The molecule has 1 aromatic carbocycles. The molecule has 0 bridgehead atoms. The number of carboxylic acids is 1. The molecule has 0 saturated heterocycles. The minimum atomic E-state index is -0.877. The highest BCUT2D eigenvalue weighted by Gasteiger charge is 2.26. The Morgan fingerprint density at radius 1 is 1.24 bits per heavy atom. The zero-order valence-corrected chi connectivity index (χ0v) is 15.3. The van der Waals surface area contributed by atoms with Crippen LogP contribution in [0, 0.1) is 6.92 Å². The number of benzene rings is 1. The number of fused-ring (bicyclic) bond motifs is 1. The number of carbonyl (C=O) groups excluding carboxylic acids is 1. The molecule has 1 heterocycles. The number of amides is 1. The van der Waals surface area contributed by atoms with Gasteiger partial charge in [0.2, 0.25) is 0 Å².